The van der Waals surface area contributed by atoms with Gasteiger partial charge in [0.25, 0.3) is 11.5 Å². The molecular formula is C20H20N4O3. The predicted molar refractivity (Wildman–Crippen MR) is 101 cm³/mol. The fourth-order valence-electron chi connectivity index (χ4n) is 3.45. The molecule has 1 amide bonds. The first-order chi connectivity index (χ1) is 13.2. The largest absolute Gasteiger partial charge is 0.490 e. The third-order valence-electron chi connectivity index (χ3n) is 4.85. The zero-order valence-electron chi connectivity index (χ0n) is 14.7. The Morgan fingerprint density at radius 1 is 1.19 bits per heavy atom. The monoisotopic (exact) mass is 364 g/mol. The molecule has 0 unspecified atom stereocenters. The summed E-state index contributed by atoms with van der Waals surface area (Å²) in [5.74, 6) is 0.558. The van der Waals surface area contributed by atoms with Crippen LogP contribution in [0.1, 0.15) is 36.2 Å². The number of nitrogens with one attached hydrogen (secondary N) is 2. The van der Waals surface area contributed by atoms with Gasteiger partial charge in [0.1, 0.15) is 11.4 Å². The van der Waals surface area contributed by atoms with E-state index in [-0.39, 0.29) is 29.3 Å². The first-order valence-electron chi connectivity index (χ1n) is 9.04. The van der Waals surface area contributed by atoms with Crippen LogP contribution in [-0.2, 0) is 0 Å². The van der Waals surface area contributed by atoms with Gasteiger partial charge in [0.05, 0.1) is 12.4 Å². The second-order valence-electron chi connectivity index (χ2n) is 6.71. The van der Waals surface area contributed by atoms with Gasteiger partial charge in [0, 0.05) is 35.3 Å². The molecule has 27 heavy (non-hydrogen) atoms. The minimum absolute atomic E-state index is 0.0650. The summed E-state index contributed by atoms with van der Waals surface area (Å²) in [6.45, 7) is 0. The van der Waals surface area contributed by atoms with E-state index < -0.39 is 0 Å². The number of aromatic nitrogens is 3. The highest BCUT2D eigenvalue weighted by atomic mass is 16.5. The molecule has 4 rings (SSSR count). The van der Waals surface area contributed by atoms with E-state index in [4.69, 9.17) is 4.74 Å². The molecule has 0 bridgehead atoms. The standard InChI is InChI=1S/C20H20N4O3/c25-19-10-17(22-12-23-19)20(26)24-14-4-6-15(7-5-14)27-18-3-1-2-13-11-21-9-8-16(13)18/h1-3,8-12,14-15H,4-7H2,(H,24,26)(H,22,23,25). The predicted octanol–water partition coefficient (Wildman–Crippen LogP) is 2.44. The summed E-state index contributed by atoms with van der Waals surface area (Å²) in [6.07, 6.45) is 8.32. The lowest BCUT2D eigenvalue weighted by molar-refractivity contribution is 0.0890. The maximum atomic E-state index is 12.2. The molecule has 0 spiro atoms. The van der Waals surface area contributed by atoms with Gasteiger partial charge in [0.15, 0.2) is 0 Å². The second kappa shape index (κ2) is 7.57. The lowest BCUT2D eigenvalue weighted by atomic mass is 9.92. The summed E-state index contributed by atoms with van der Waals surface area (Å²) in [4.78, 5) is 34.0. The van der Waals surface area contributed by atoms with Crippen LogP contribution in [-0.4, -0.2) is 33.0 Å². The molecule has 0 aliphatic heterocycles. The number of carbonyl (C=O) groups is 1. The Morgan fingerprint density at radius 2 is 2.04 bits per heavy atom. The van der Waals surface area contributed by atoms with E-state index >= 15 is 0 Å². The van der Waals surface area contributed by atoms with Crippen molar-refractivity contribution in [2.45, 2.75) is 37.8 Å². The summed E-state index contributed by atoms with van der Waals surface area (Å²) < 4.78 is 6.22. The lowest BCUT2D eigenvalue weighted by Crippen LogP contribution is -2.40. The summed E-state index contributed by atoms with van der Waals surface area (Å²) >= 11 is 0. The van der Waals surface area contributed by atoms with Gasteiger partial charge < -0.3 is 15.0 Å². The van der Waals surface area contributed by atoms with Crippen molar-refractivity contribution in [3.05, 3.63) is 65.1 Å². The number of fused-ring (bicyclic) bond motifs is 1. The lowest BCUT2D eigenvalue weighted by Gasteiger charge is -2.29. The SMILES string of the molecule is O=C(NC1CCC(Oc2cccc3cnccc23)CC1)c1cc(=O)[nH]cn1. The molecule has 1 aromatic carbocycles. The average Bonchev–Trinajstić information content (AvgIpc) is 2.70. The number of H-pyrrole nitrogens is 1. The van der Waals surface area contributed by atoms with Crippen LogP contribution in [0.2, 0.25) is 0 Å². The number of aromatic amines is 1. The Hall–Kier alpha value is -3.22. The van der Waals surface area contributed by atoms with E-state index in [2.05, 4.69) is 20.3 Å². The normalized spacial score (nSPS) is 19.6. The van der Waals surface area contributed by atoms with Crippen molar-refractivity contribution in [2.24, 2.45) is 0 Å². The van der Waals surface area contributed by atoms with Gasteiger partial charge in [-0.2, -0.15) is 0 Å². The second-order valence-corrected chi connectivity index (χ2v) is 6.71. The van der Waals surface area contributed by atoms with Gasteiger partial charge in [-0.15, -0.1) is 0 Å². The Labute approximate surface area is 155 Å². The third kappa shape index (κ3) is 3.97. The zero-order valence-corrected chi connectivity index (χ0v) is 14.7. The van der Waals surface area contributed by atoms with E-state index in [9.17, 15) is 9.59 Å². The average molecular weight is 364 g/mol. The summed E-state index contributed by atoms with van der Waals surface area (Å²) in [5.41, 5.74) is -0.195. The smallest absolute Gasteiger partial charge is 0.270 e. The first-order valence-corrected chi connectivity index (χ1v) is 9.04. The van der Waals surface area contributed by atoms with Gasteiger partial charge in [-0.1, -0.05) is 12.1 Å². The van der Waals surface area contributed by atoms with Crippen molar-refractivity contribution in [3.8, 4) is 5.75 Å². The van der Waals surface area contributed by atoms with Gasteiger partial charge >= 0.3 is 0 Å². The zero-order chi connectivity index (χ0) is 18.6. The minimum Gasteiger partial charge on any atom is -0.490 e. The maximum Gasteiger partial charge on any atom is 0.270 e. The Kier molecular flexibility index (Phi) is 4.82. The van der Waals surface area contributed by atoms with Crippen LogP contribution < -0.4 is 15.6 Å². The van der Waals surface area contributed by atoms with E-state index in [1.165, 1.54) is 12.4 Å². The minimum atomic E-state index is -0.336. The Balaban J connectivity index is 1.35. The van der Waals surface area contributed by atoms with E-state index in [1.807, 2.05) is 30.5 Å². The van der Waals surface area contributed by atoms with Crippen LogP contribution in [0.3, 0.4) is 0 Å². The van der Waals surface area contributed by atoms with Gasteiger partial charge in [-0.25, -0.2) is 4.98 Å². The fraction of sp³-hybridized carbons (Fsp3) is 0.300. The number of hydrogen-bond acceptors (Lipinski definition) is 5. The fourth-order valence-corrected chi connectivity index (χ4v) is 3.45. The molecule has 2 N–H and O–H groups in total. The quantitative estimate of drug-likeness (QED) is 0.741. The number of ether oxygens (including phenoxy) is 1. The molecule has 0 atom stereocenters. The molecule has 1 fully saturated rings. The molecule has 7 heteroatoms. The van der Waals surface area contributed by atoms with Crippen molar-refractivity contribution in [1.29, 1.82) is 0 Å². The highest BCUT2D eigenvalue weighted by Gasteiger charge is 2.24. The van der Waals surface area contributed by atoms with Gasteiger partial charge in [-0.05, 0) is 37.8 Å². The molecule has 2 heterocycles. The molecule has 2 aromatic heterocycles. The van der Waals surface area contributed by atoms with Crippen LogP contribution in [0.4, 0.5) is 0 Å². The number of hydrogen-bond donors (Lipinski definition) is 2. The molecule has 138 valence electrons. The highest BCUT2D eigenvalue weighted by Crippen LogP contribution is 2.29. The molecule has 0 radical (unpaired) electrons. The molecule has 1 aliphatic rings. The number of pyridine rings is 1. The van der Waals surface area contributed by atoms with Gasteiger partial charge in [-0.3, -0.25) is 14.6 Å². The topological polar surface area (TPSA) is 97.0 Å². The van der Waals surface area contributed by atoms with Gasteiger partial charge in [0.2, 0.25) is 0 Å². The van der Waals surface area contributed by atoms with Crippen LogP contribution in [0.5, 0.6) is 5.75 Å². The molecular weight excluding hydrogens is 344 g/mol. The van der Waals surface area contributed by atoms with Crippen molar-refractivity contribution >= 4 is 16.7 Å². The summed E-state index contributed by atoms with van der Waals surface area (Å²) in [6, 6.07) is 9.21. The molecule has 0 saturated heterocycles. The summed E-state index contributed by atoms with van der Waals surface area (Å²) in [7, 11) is 0. The van der Waals surface area contributed by atoms with Crippen LogP contribution in [0.25, 0.3) is 10.8 Å². The van der Waals surface area contributed by atoms with Crippen LogP contribution >= 0.6 is 0 Å². The molecule has 1 saturated carbocycles. The molecule has 3 aromatic rings. The Bertz CT molecular complexity index is 1000. The Morgan fingerprint density at radius 3 is 2.85 bits per heavy atom. The number of nitrogens with zero attached hydrogens (tertiary/aromatic N) is 2. The van der Waals surface area contributed by atoms with Crippen molar-refractivity contribution in [2.75, 3.05) is 0 Å². The highest BCUT2D eigenvalue weighted by molar-refractivity contribution is 5.92. The number of carbonyl (C=O) groups excluding carboxylic acids is 1. The maximum absolute atomic E-state index is 12.2. The van der Waals surface area contributed by atoms with Crippen molar-refractivity contribution < 1.29 is 9.53 Å². The molecule has 7 nitrogen and oxygen atoms in total. The van der Waals surface area contributed by atoms with E-state index in [0.29, 0.717) is 0 Å². The van der Waals surface area contributed by atoms with Crippen LogP contribution in [0.15, 0.2) is 53.8 Å². The number of rotatable bonds is 4. The van der Waals surface area contributed by atoms with Crippen molar-refractivity contribution in [3.63, 3.8) is 0 Å². The van der Waals surface area contributed by atoms with Crippen LogP contribution in [0, 0.1) is 0 Å². The van der Waals surface area contributed by atoms with E-state index in [1.54, 1.807) is 6.20 Å². The number of benzene rings is 1. The molecule has 1 aliphatic carbocycles. The number of amides is 1. The van der Waals surface area contributed by atoms with Crippen molar-refractivity contribution in [1.82, 2.24) is 20.3 Å². The summed E-state index contributed by atoms with van der Waals surface area (Å²) in [5, 5.41) is 5.07. The first kappa shape index (κ1) is 17.2. The van der Waals surface area contributed by atoms with E-state index in [0.717, 1.165) is 42.2 Å². The third-order valence-corrected chi connectivity index (χ3v) is 4.85.